The Morgan fingerprint density at radius 1 is 1.50 bits per heavy atom. The number of nitrogens with zero attached hydrogens (tertiary/aromatic N) is 1. The molecule has 1 saturated heterocycles. The summed E-state index contributed by atoms with van der Waals surface area (Å²) < 4.78 is 19.8. The minimum atomic E-state index is -0.491. The van der Waals surface area contributed by atoms with E-state index in [1.165, 1.54) is 31.2 Å². The molecule has 1 aromatic rings. The van der Waals surface area contributed by atoms with Gasteiger partial charge in [0.25, 0.3) is 5.91 Å². The van der Waals surface area contributed by atoms with Crippen LogP contribution in [0.25, 0.3) is 0 Å². The largest absolute Gasteiger partial charge is 0.369 e. The molecule has 1 aliphatic rings. The molecule has 1 aliphatic heterocycles. The topological polar surface area (TPSA) is 29.5 Å². The van der Waals surface area contributed by atoms with E-state index in [2.05, 4.69) is 0 Å². The molecular formula is C11H12FNO2S. The van der Waals surface area contributed by atoms with E-state index in [0.717, 1.165) is 5.56 Å². The average Bonchev–Trinajstić information content (AvgIpc) is 2.27. The number of carbonyl (C=O) groups excluding carboxylic acids is 1. The van der Waals surface area contributed by atoms with Crippen molar-refractivity contribution in [1.29, 1.82) is 0 Å². The molecule has 2 atom stereocenters. The molecule has 0 bridgehead atoms. The van der Waals surface area contributed by atoms with Gasteiger partial charge >= 0.3 is 0 Å². The van der Waals surface area contributed by atoms with Gasteiger partial charge in [-0.15, -0.1) is 0 Å². The maximum Gasteiger partial charge on any atom is 0.264 e. The van der Waals surface area contributed by atoms with Crippen LogP contribution < -0.4 is 0 Å². The number of rotatable bonds is 3. The number of benzene rings is 1. The second-order valence-corrected chi connectivity index (χ2v) is 4.26. The van der Waals surface area contributed by atoms with Crippen LogP contribution in [0, 0.1) is 5.82 Å². The number of β-lactam (4-membered cyclic amide) rings is 1. The summed E-state index contributed by atoms with van der Waals surface area (Å²) in [6.45, 7) is 0. The molecular weight excluding hydrogens is 229 g/mol. The number of halogens is 1. The number of hydrogen-bond donors (Lipinski definition) is 0. The maximum atomic E-state index is 13.1. The molecule has 5 heteroatoms. The van der Waals surface area contributed by atoms with Gasteiger partial charge in [-0.05, 0) is 17.7 Å². The Kier molecular flexibility index (Phi) is 3.16. The first-order valence-corrected chi connectivity index (χ1v) is 6.02. The third-order valence-electron chi connectivity index (χ3n) is 2.64. The van der Waals surface area contributed by atoms with E-state index >= 15 is 0 Å². The Hall–Kier alpha value is -1.07. The minimum absolute atomic E-state index is 0.0655. The zero-order chi connectivity index (χ0) is 11.7. The normalized spacial score (nSPS) is 24.4. The van der Waals surface area contributed by atoms with E-state index in [9.17, 15) is 9.18 Å². The quantitative estimate of drug-likeness (QED) is 0.599. The fourth-order valence-electron chi connectivity index (χ4n) is 1.87. The molecule has 0 aliphatic carbocycles. The number of amides is 1. The molecule has 1 amide bonds. The molecule has 2 rings (SSSR count). The van der Waals surface area contributed by atoms with E-state index in [4.69, 9.17) is 4.74 Å². The lowest BCUT2D eigenvalue weighted by Gasteiger charge is -2.44. The Bertz CT molecular complexity index is 399. The molecule has 0 unspecified atom stereocenters. The second kappa shape index (κ2) is 4.43. The Balaban J connectivity index is 2.28. The van der Waals surface area contributed by atoms with Crippen LogP contribution in [0.15, 0.2) is 24.3 Å². The van der Waals surface area contributed by atoms with E-state index < -0.39 is 6.10 Å². The predicted molar refractivity (Wildman–Crippen MR) is 60.3 cm³/mol. The van der Waals surface area contributed by atoms with Crippen LogP contribution in [-0.2, 0) is 9.53 Å². The molecule has 86 valence electrons. The van der Waals surface area contributed by atoms with Crippen molar-refractivity contribution < 1.29 is 13.9 Å². The third-order valence-corrected chi connectivity index (χ3v) is 3.44. The van der Waals surface area contributed by atoms with Crippen LogP contribution >= 0.6 is 11.9 Å². The summed E-state index contributed by atoms with van der Waals surface area (Å²) >= 11 is 1.33. The lowest BCUT2D eigenvalue weighted by Crippen LogP contribution is -2.56. The summed E-state index contributed by atoms with van der Waals surface area (Å²) in [5, 5.41) is 0. The van der Waals surface area contributed by atoms with Gasteiger partial charge in [-0.3, -0.25) is 9.10 Å². The molecule has 1 heterocycles. The first-order valence-electron chi connectivity index (χ1n) is 4.84. The van der Waals surface area contributed by atoms with Gasteiger partial charge in [-0.2, -0.15) is 0 Å². The van der Waals surface area contributed by atoms with E-state index in [-0.39, 0.29) is 17.8 Å². The van der Waals surface area contributed by atoms with Crippen molar-refractivity contribution >= 4 is 17.9 Å². The lowest BCUT2D eigenvalue weighted by molar-refractivity contribution is -0.158. The van der Waals surface area contributed by atoms with Crippen molar-refractivity contribution in [2.75, 3.05) is 13.4 Å². The van der Waals surface area contributed by atoms with Crippen molar-refractivity contribution in [3.63, 3.8) is 0 Å². The SMILES string of the molecule is CO[C@H]1C(=O)N(SC)[C@H]1c1cccc(F)c1. The van der Waals surface area contributed by atoms with Crippen LogP contribution in [0.4, 0.5) is 4.39 Å². The van der Waals surface area contributed by atoms with Gasteiger partial charge in [0.05, 0.1) is 0 Å². The Morgan fingerprint density at radius 3 is 2.81 bits per heavy atom. The molecule has 1 fully saturated rings. The first kappa shape index (κ1) is 11.4. The molecule has 0 N–H and O–H groups in total. The third kappa shape index (κ3) is 1.70. The molecule has 3 nitrogen and oxygen atoms in total. The van der Waals surface area contributed by atoms with Crippen LogP contribution in [0.1, 0.15) is 11.6 Å². The van der Waals surface area contributed by atoms with Crippen molar-refractivity contribution in [2.45, 2.75) is 12.1 Å². The highest BCUT2D eigenvalue weighted by Gasteiger charge is 2.48. The van der Waals surface area contributed by atoms with Gasteiger partial charge in [0.2, 0.25) is 0 Å². The number of carbonyl (C=O) groups is 1. The molecule has 0 spiro atoms. The van der Waals surface area contributed by atoms with Crippen LogP contribution in [0.2, 0.25) is 0 Å². The Morgan fingerprint density at radius 2 is 2.25 bits per heavy atom. The fraction of sp³-hybridized carbons (Fsp3) is 0.364. The molecule has 1 aromatic carbocycles. The zero-order valence-electron chi connectivity index (χ0n) is 9.01. The van der Waals surface area contributed by atoms with Crippen LogP contribution in [0.5, 0.6) is 0 Å². The van der Waals surface area contributed by atoms with Gasteiger partial charge in [-0.25, -0.2) is 4.39 Å². The molecule has 16 heavy (non-hydrogen) atoms. The number of hydrogen-bond acceptors (Lipinski definition) is 3. The van der Waals surface area contributed by atoms with E-state index in [0.29, 0.717) is 0 Å². The molecule has 0 aromatic heterocycles. The summed E-state index contributed by atoms with van der Waals surface area (Å²) in [5.41, 5.74) is 0.765. The lowest BCUT2D eigenvalue weighted by atomic mass is 9.94. The van der Waals surface area contributed by atoms with Crippen molar-refractivity contribution in [2.24, 2.45) is 0 Å². The predicted octanol–water partition coefficient (Wildman–Crippen LogP) is 2.00. The maximum absolute atomic E-state index is 13.1. The molecule has 0 saturated carbocycles. The van der Waals surface area contributed by atoms with Crippen molar-refractivity contribution in [1.82, 2.24) is 4.31 Å². The van der Waals surface area contributed by atoms with E-state index in [1.807, 2.05) is 6.26 Å². The van der Waals surface area contributed by atoms with Gasteiger partial charge in [0, 0.05) is 13.4 Å². The summed E-state index contributed by atoms with van der Waals surface area (Å²) in [6, 6.07) is 6.07. The van der Waals surface area contributed by atoms with Crippen LogP contribution in [0.3, 0.4) is 0 Å². The summed E-state index contributed by atoms with van der Waals surface area (Å²) in [7, 11) is 1.49. The highest BCUT2D eigenvalue weighted by Crippen LogP contribution is 2.40. The monoisotopic (exact) mass is 241 g/mol. The Labute approximate surface area is 97.7 Å². The fourth-order valence-corrected chi connectivity index (χ4v) is 2.62. The summed E-state index contributed by atoms with van der Waals surface area (Å²) in [5.74, 6) is -0.364. The zero-order valence-corrected chi connectivity index (χ0v) is 9.83. The standard InChI is InChI=1S/C11H12FNO2S/c1-15-10-9(13(16-2)11(10)14)7-4-3-5-8(12)6-7/h3-6,9-10H,1-2H3/t9-,10+/m0/s1. The number of ether oxygens (including phenoxy) is 1. The van der Waals surface area contributed by atoms with Gasteiger partial charge in [0.15, 0.2) is 6.10 Å². The summed E-state index contributed by atoms with van der Waals surface area (Å²) in [6.07, 6.45) is 1.32. The second-order valence-electron chi connectivity index (χ2n) is 3.50. The first-order chi connectivity index (χ1) is 7.69. The average molecular weight is 241 g/mol. The van der Waals surface area contributed by atoms with Gasteiger partial charge in [0.1, 0.15) is 11.9 Å². The minimum Gasteiger partial charge on any atom is -0.369 e. The highest BCUT2D eigenvalue weighted by atomic mass is 32.2. The van der Waals surface area contributed by atoms with Gasteiger partial charge < -0.3 is 4.74 Å². The van der Waals surface area contributed by atoms with E-state index in [1.54, 1.807) is 16.4 Å². The van der Waals surface area contributed by atoms with Gasteiger partial charge in [-0.1, -0.05) is 24.1 Å². The molecule has 0 radical (unpaired) electrons. The highest BCUT2D eigenvalue weighted by molar-refractivity contribution is 7.96. The van der Waals surface area contributed by atoms with Crippen molar-refractivity contribution in [3.05, 3.63) is 35.6 Å². The number of methoxy groups -OCH3 is 1. The smallest absolute Gasteiger partial charge is 0.264 e. The van der Waals surface area contributed by atoms with Crippen molar-refractivity contribution in [3.8, 4) is 0 Å². The van der Waals surface area contributed by atoms with Crippen LogP contribution in [-0.4, -0.2) is 29.7 Å². The summed E-state index contributed by atoms with van der Waals surface area (Å²) in [4.78, 5) is 11.6.